The number of imide groups is 1. The van der Waals surface area contributed by atoms with Crippen molar-refractivity contribution in [1.29, 1.82) is 5.26 Å². The molecule has 4 atom stereocenters. The average Bonchev–Trinajstić information content (AvgIpc) is 3.18. The molecule has 2 amide bonds. The first-order chi connectivity index (χ1) is 16.4. The first-order valence-corrected chi connectivity index (χ1v) is 12.3. The summed E-state index contributed by atoms with van der Waals surface area (Å²) < 4.78 is 47.6. The lowest BCUT2D eigenvalue weighted by molar-refractivity contribution is -0.142. The van der Waals surface area contributed by atoms with E-state index in [0.717, 1.165) is 16.7 Å². The monoisotopic (exact) mass is 597 g/mol. The number of amides is 2. The van der Waals surface area contributed by atoms with Crippen LogP contribution >= 0.6 is 22.6 Å². The highest BCUT2D eigenvalue weighted by molar-refractivity contribution is 14.1. The van der Waals surface area contributed by atoms with Gasteiger partial charge in [0, 0.05) is 23.6 Å². The van der Waals surface area contributed by atoms with Crippen LogP contribution < -0.4 is 9.80 Å². The number of benzene rings is 1. The topological polar surface area (TPSA) is 99.4 Å². The van der Waals surface area contributed by atoms with Gasteiger partial charge in [-0.05, 0) is 32.0 Å². The molecule has 4 heterocycles. The van der Waals surface area contributed by atoms with Crippen LogP contribution in [0.25, 0.3) is 0 Å². The van der Waals surface area contributed by atoms with Crippen molar-refractivity contribution in [3.63, 3.8) is 0 Å². The molecule has 1 aromatic carbocycles. The standard InChI is InChI=1S/C23H19F3IN5O3/c1-21-9-31(16-5-13(7-27)29-11-30-16)10-22(2,35-21)18-17(21)19(33)32(20(18)34)14-4-3-12(8-28)15(6-14)23(24,25)26/h3-6,11,17-18H,7,9-10H2,1-2H3/t17-,18+,21-,22+. The summed E-state index contributed by atoms with van der Waals surface area (Å²) in [6.45, 7) is 4.04. The van der Waals surface area contributed by atoms with Crippen molar-refractivity contribution in [1.82, 2.24) is 9.97 Å². The molecule has 0 aliphatic carbocycles. The van der Waals surface area contributed by atoms with Gasteiger partial charge in [0.2, 0.25) is 11.8 Å². The molecule has 12 heteroatoms. The van der Waals surface area contributed by atoms with E-state index in [9.17, 15) is 22.8 Å². The summed E-state index contributed by atoms with van der Waals surface area (Å²) in [6.07, 6.45) is -3.34. The van der Waals surface area contributed by atoms with Crippen LogP contribution in [-0.2, 0) is 24.9 Å². The quantitative estimate of drug-likeness (QED) is 0.304. The van der Waals surface area contributed by atoms with Crippen molar-refractivity contribution in [2.75, 3.05) is 22.9 Å². The summed E-state index contributed by atoms with van der Waals surface area (Å²) in [5.41, 5.74) is -3.26. The van der Waals surface area contributed by atoms with Crippen LogP contribution in [0, 0.1) is 23.2 Å². The highest BCUT2D eigenvalue weighted by Gasteiger charge is 2.72. The normalized spacial score (nSPS) is 30.0. The van der Waals surface area contributed by atoms with Crippen LogP contribution in [0.3, 0.4) is 0 Å². The van der Waals surface area contributed by atoms with Crippen LogP contribution in [0.4, 0.5) is 24.7 Å². The number of morpholine rings is 1. The Labute approximate surface area is 212 Å². The summed E-state index contributed by atoms with van der Waals surface area (Å²) in [4.78, 5) is 38.5. The van der Waals surface area contributed by atoms with Gasteiger partial charge in [-0.25, -0.2) is 14.9 Å². The molecule has 3 fully saturated rings. The number of hydrogen-bond acceptors (Lipinski definition) is 7. The molecule has 182 valence electrons. The molecule has 3 aliphatic rings. The molecular formula is C23H19F3IN5O3. The summed E-state index contributed by atoms with van der Waals surface area (Å²) in [6, 6.07) is 6.23. The van der Waals surface area contributed by atoms with E-state index in [-0.39, 0.29) is 18.8 Å². The van der Waals surface area contributed by atoms with Crippen LogP contribution in [0.2, 0.25) is 0 Å². The first kappa shape index (κ1) is 23.9. The maximum absolute atomic E-state index is 13.6. The molecule has 0 unspecified atom stereocenters. The lowest BCUT2D eigenvalue weighted by Gasteiger charge is -2.45. The third kappa shape index (κ3) is 3.58. The number of fused-ring (bicyclic) bond motifs is 5. The van der Waals surface area contributed by atoms with Crippen LogP contribution in [0.1, 0.15) is 30.7 Å². The van der Waals surface area contributed by atoms with Crippen molar-refractivity contribution < 1.29 is 27.5 Å². The third-order valence-corrected chi connectivity index (χ3v) is 7.74. The summed E-state index contributed by atoms with van der Waals surface area (Å²) in [5.74, 6) is -2.31. The number of nitriles is 1. The van der Waals surface area contributed by atoms with Gasteiger partial charge in [0.15, 0.2) is 0 Å². The van der Waals surface area contributed by atoms with E-state index in [4.69, 9.17) is 10.00 Å². The number of rotatable bonds is 3. The second-order valence-corrected chi connectivity index (χ2v) is 10.2. The van der Waals surface area contributed by atoms with Gasteiger partial charge in [0.1, 0.15) is 12.1 Å². The molecule has 3 aliphatic heterocycles. The Balaban J connectivity index is 1.53. The molecule has 2 aromatic rings. The van der Waals surface area contributed by atoms with E-state index in [0.29, 0.717) is 16.3 Å². The second kappa shape index (κ2) is 7.86. The van der Waals surface area contributed by atoms with E-state index in [1.165, 1.54) is 18.5 Å². The van der Waals surface area contributed by atoms with Crippen molar-refractivity contribution >= 4 is 45.9 Å². The first-order valence-electron chi connectivity index (χ1n) is 10.7. The molecule has 0 radical (unpaired) electrons. The number of carbonyl (C=O) groups is 2. The largest absolute Gasteiger partial charge is 0.417 e. The number of ether oxygens (including phenoxy) is 1. The molecule has 3 saturated heterocycles. The van der Waals surface area contributed by atoms with Gasteiger partial charge in [-0.3, -0.25) is 9.59 Å². The SMILES string of the molecule is C[C@]12CN(c3cc(CI)ncn3)C[C@](C)(O1)[C@@H]1C(=O)N(c3ccc(C#N)c(C(F)(F)F)c3)C(=O)[C@@H]12. The molecule has 2 bridgehead atoms. The third-order valence-electron chi connectivity index (χ3n) is 6.96. The molecule has 5 rings (SSSR count). The van der Waals surface area contributed by atoms with E-state index in [1.54, 1.807) is 13.8 Å². The van der Waals surface area contributed by atoms with Crippen molar-refractivity contribution in [3.8, 4) is 6.07 Å². The molecular weight excluding hydrogens is 578 g/mol. The zero-order valence-electron chi connectivity index (χ0n) is 18.6. The van der Waals surface area contributed by atoms with E-state index >= 15 is 0 Å². The van der Waals surface area contributed by atoms with Crippen molar-refractivity contribution in [2.24, 2.45) is 11.8 Å². The Morgan fingerprint density at radius 1 is 1.14 bits per heavy atom. The number of anilines is 2. The van der Waals surface area contributed by atoms with Gasteiger partial charge in [-0.2, -0.15) is 18.4 Å². The Morgan fingerprint density at radius 3 is 2.31 bits per heavy atom. The minimum atomic E-state index is -4.81. The van der Waals surface area contributed by atoms with E-state index < -0.39 is 52.2 Å². The average molecular weight is 597 g/mol. The van der Waals surface area contributed by atoms with Gasteiger partial charge >= 0.3 is 6.18 Å². The number of carbonyl (C=O) groups excluding carboxylic acids is 2. The molecule has 1 aromatic heterocycles. The van der Waals surface area contributed by atoms with Crippen LogP contribution in [-0.4, -0.2) is 46.1 Å². The van der Waals surface area contributed by atoms with E-state index in [1.807, 2.05) is 11.0 Å². The Kier molecular flexibility index (Phi) is 5.37. The lowest BCUT2D eigenvalue weighted by atomic mass is 9.79. The lowest BCUT2D eigenvalue weighted by Crippen LogP contribution is -2.58. The van der Waals surface area contributed by atoms with Crippen LogP contribution in [0.5, 0.6) is 0 Å². The molecule has 8 nitrogen and oxygen atoms in total. The van der Waals surface area contributed by atoms with Crippen LogP contribution in [0.15, 0.2) is 30.6 Å². The van der Waals surface area contributed by atoms with E-state index in [2.05, 4.69) is 32.6 Å². The summed E-state index contributed by atoms with van der Waals surface area (Å²) >= 11 is 2.20. The fraction of sp³-hybridized carbons (Fsp3) is 0.435. The molecule has 0 saturated carbocycles. The second-order valence-electron chi connectivity index (χ2n) is 9.39. The smallest absolute Gasteiger partial charge is 0.364 e. The number of alkyl halides is 4. The highest BCUT2D eigenvalue weighted by atomic mass is 127. The minimum Gasteiger partial charge on any atom is -0.364 e. The number of hydrogen-bond donors (Lipinski definition) is 0. The predicted molar refractivity (Wildman–Crippen MR) is 125 cm³/mol. The molecule has 35 heavy (non-hydrogen) atoms. The Bertz CT molecular complexity index is 1260. The Hall–Kier alpha value is -2.79. The maximum atomic E-state index is 13.6. The van der Waals surface area contributed by atoms with Crippen molar-refractivity contribution in [2.45, 2.75) is 35.7 Å². The fourth-order valence-electron chi connectivity index (χ4n) is 5.69. The zero-order chi connectivity index (χ0) is 25.3. The van der Waals surface area contributed by atoms with Gasteiger partial charge < -0.3 is 9.64 Å². The molecule has 0 N–H and O–H groups in total. The van der Waals surface area contributed by atoms with Gasteiger partial charge in [-0.15, -0.1) is 0 Å². The highest BCUT2D eigenvalue weighted by Crippen LogP contribution is 2.56. The summed E-state index contributed by atoms with van der Waals surface area (Å²) in [7, 11) is 0. The van der Waals surface area contributed by atoms with Gasteiger partial charge in [0.25, 0.3) is 0 Å². The minimum absolute atomic E-state index is 0.203. The Morgan fingerprint density at radius 2 is 1.77 bits per heavy atom. The molecule has 0 spiro atoms. The predicted octanol–water partition coefficient (Wildman–Crippen LogP) is 3.48. The number of nitrogens with zero attached hydrogens (tertiary/aromatic N) is 5. The van der Waals surface area contributed by atoms with Gasteiger partial charge in [-0.1, -0.05) is 22.6 Å². The number of halogens is 4. The maximum Gasteiger partial charge on any atom is 0.417 e. The number of aromatic nitrogens is 2. The summed E-state index contributed by atoms with van der Waals surface area (Å²) in [5, 5.41) is 9.07. The van der Waals surface area contributed by atoms with Crippen molar-refractivity contribution in [3.05, 3.63) is 47.4 Å². The fourth-order valence-corrected chi connectivity index (χ4v) is 6.10. The zero-order valence-corrected chi connectivity index (χ0v) is 20.8. The van der Waals surface area contributed by atoms with Gasteiger partial charge in [0.05, 0.1) is 51.6 Å².